The van der Waals surface area contributed by atoms with Crippen LogP contribution in [0, 0.1) is 12.7 Å². The van der Waals surface area contributed by atoms with E-state index in [1.807, 2.05) is 19.9 Å². The number of anilines is 1. The van der Waals surface area contributed by atoms with Crippen LogP contribution in [-0.2, 0) is 4.79 Å². The van der Waals surface area contributed by atoms with E-state index in [4.69, 9.17) is 14.0 Å². The Bertz CT molecular complexity index is 1110. The van der Waals surface area contributed by atoms with Crippen LogP contribution in [0.2, 0.25) is 0 Å². The number of benzene rings is 2. The van der Waals surface area contributed by atoms with E-state index in [1.165, 1.54) is 6.07 Å². The van der Waals surface area contributed by atoms with E-state index in [0.29, 0.717) is 46.6 Å². The Morgan fingerprint density at radius 1 is 1.19 bits per heavy atom. The number of aryl methyl sites for hydroxylation is 1. The fraction of sp³-hybridized carbons (Fsp3) is 0.348. The zero-order valence-corrected chi connectivity index (χ0v) is 17.9. The van der Waals surface area contributed by atoms with Crippen LogP contribution < -0.4 is 14.4 Å². The van der Waals surface area contributed by atoms with Crippen LogP contribution >= 0.6 is 0 Å². The average Bonchev–Trinajstić information content (AvgIpc) is 3.37. The maximum Gasteiger partial charge on any atom is 0.232 e. The predicted molar refractivity (Wildman–Crippen MR) is 113 cm³/mol. The smallest absolute Gasteiger partial charge is 0.232 e. The number of hydrogen-bond donors (Lipinski definition) is 0. The molecule has 8 heteroatoms. The predicted octanol–water partition coefficient (Wildman–Crippen LogP) is 4.50. The molecular weight excluding hydrogens is 401 g/mol. The number of methoxy groups -OCH3 is 1. The van der Waals surface area contributed by atoms with Gasteiger partial charge in [0.05, 0.1) is 19.1 Å². The number of nitrogens with zero attached hydrogens (tertiary/aromatic N) is 3. The lowest BCUT2D eigenvalue weighted by atomic mass is 10.1. The summed E-state index contributed by atoms with van der Waals surface area (Å²) < 4.78 is 30.5. The number of carbonyl (C=O) groups is 1. The van der Waals surface area contributed by atoms with Gasteiger partial charge in [0, 0.05) is 24.2 Å². The van der Waals surface area contributed by atoms with Gasteiger partial charge in [0.2, 0.25) is 17.6 Å². The molecule has 1 atom stereocenters. The highest BCUT2D eigenvalue weighted by molar-refractivity contribution is 5.96. The number of rotatable bonds is 6. The molecule has 0 aliphatic carbocycles. The van der Waals surface area contributed by atoms with Crippen molar-refractivity contribution in [3.63, 3.8) is 0 Å². The van der Waals surface area contributed by atoms with Gasteiger partial charge in [0.15, 0.2) is 11.5 Å². The lowest BCUT2D eigenvalue weighted by molar-refractivity contribution is -0.117. The first-order valence-corrected chi connectivity index (χ1v) is 10.1. The Morgan fingerprint density at radius 2 is 2.00 bits per heavy atom. The molecule has 0 bridgehead atoms. The van der Waals surface area contributed by atoms with Crippen molar-refractivity contribution in [1.82, 2.24) is 10.1 Å². The Kier molecular flexibility index (Phi) is 5.63. The molecule has 0 radical (unpaired) electrons. The molecule has 162 valence electrons. The molecule has 1 amide bonds. The van der Waals surface area contributed by atoms with Gasteiger partial charge in [-0.25, -0.2) is 4.39 Å². The van der Waals surface area contributed by atoms with Crippen LogP contribution in [0.3, 0.4) is 0 Å². The van der Waals surface area contributed by atoms with E-state index in [0.717, 1.165) is 0 Å². The third kappa shape index (κ3) is 4.23. The maximum absolute atomic E-state index is 13.9. The first-order chi connectivity index (χ1) is 14.9. The molecule has 3 aromatic rings. The number of aromatic nitrogens is 2. The minimum atomic E-state index is -0.340. The molecular formula is C23H24FN3O4. The molecule has 31 heavy (non-hydrogen) atoms. The van der Waals surface area contributed by atoms with Crippen molar-refractivity contribution in [2.24, 2.45) is 0 Å². The van der Waals surface area contributed by atoms with Crippen LogP contribution in [0.25, 0.3) is 11.4 Å². The van der Waals surface area contributed by atoms with Gasteiger partial charge in [-0.05, 0) is 56.7 Å². The van der Waals surface area contributed by atoms with Crippen molar-refractivity contribution < 1.29 is 23.2 Å². The zero-order chi connectivity index (χ0) is 22.1. The highest BCUT2D eigenvalue weighted by Gasteiger charge is 2.35. The Hall–Kier alpha value is -3.42. The second-order valence-corrected chi connectivity index (χ2v) is 7.83. The molecule has 1 aliphatic rings. The summed E-state index contributed by atoms with van der Waals surface area (Å²) in [5.74, 6) is 1.27. The van der Waals surface area contributed by atoms with E-state index >= 15 is 0 Å². The quantitative estimate of drug-likeness (QED) is 0.579. The SMILES string of the molecule is COc1cc(-c2noc(C3CC(=O)N(c4ccc(C)c(F)c4)C3)n2)ccc1OC(C)C. The standard InChI is InChI=1S/C23H24FN3O4/c1-13(2)30-19-8-6-15(9-20(19)29-4)22-25-23(31-26-22)16-10-21(28)27(12-16)17-7-5-14(3)18(24)11-17/h5-9,11,13,16H,10,12H2,1-4H3. The van der Waals surface area contributed by atoms with Crippen molar-refractivity contribution in [1.29, 1.82) is 0 Å². The summed E-state index contributed by atoms with van der Waals surface area (Å²) in [7, 11) is 1.57. The molecule has 7 nitrogen and oxygen atoms in total. The minimum absolute atomic E-state index is 0.0152. The topological polar surface area (TPSA) is 77.7 Å². The third-order valence-electron chi connectivity index (χ3n) is 5.17. The molecule has 1 fully saturated rings. The Labute approximate surface area is 179 Å². The van der Waals surface area contributed by atoms with Gasteiger partial charge >= 0.3 is 0 Å². The summed E-state index contributed by atoms with van der Waals surface area (Å²) >= 11 is 0. The highest BCUT2D eigenvalue weighted by Crippen LogP contribution is 2.35. The molecule has 0 saturated carbocycles. The van der Waals surface area contributed by atoms with Crippen LogP contribution in [0.5, 0.6) is 11.5 Å². The molecule has 2 aromatic carbocycles. The zero-order valence-electron chi connectivity index (χ0n) is 17.9. The van der Waals surface area contributed by atoms with Crippen molar-refractivity contribution in [3.8, 4) is 22.9 Å². The van der Waals surface area contributed by atoms with Crippen molar-refractivity contribution >= 4 is 11.6 Å². The fourth-order valence-electron chi connectivity index (χ4n) is 3.55. The van der Waals surface area contributed by atoms with E-state index in [1.54, 1.807) is 43.2 Å². The van der Waals surface area contributed by atoms with Gasteiger partial charge in [0.25, 0.3) is 0 Å². The number of hydrogen-bond acceptors (Lipinski definition) is 6. The van der Waals surface area contributed by atoms with E-state index in [-0.39, 0.29) is 30.2 Å². The monoisotopic (exact) mass is 425 g/mol. The second-order valence-electron chi connectivity index (χ2n) is 7.83. The summed E-state index contributed by atoms with van der Waals surface area (Å²) in [6.45, 7) is 5.92. The Balaban J connectivity index is 1.54. The lowest BCUT2D eigenvalue weighted by Gasteiger charge is -2.16. The van der Waals surface area contributed by atoms with Gasteiger partial charge in [-0.1, -0.05) is 11.2 Å². The first-order valence-electron chi connectivity index (χ1n) is 10.1. The van der Waals surface area contributed by atoms with Crippen LogP contribution in [0.15, 0.2) is 40.9 Å². The number of carbonyl (C=O) groups excluding carboxylic acids is 1. The lowest BCUT2D eigenvalue weighted by Crippen LogP contribution is -2.24. The summed E-state index contributed by atoms with van der Waals surface area (Å²) in [6, 6.07) is 10.2. The normalized spacial score (nSPS) is 16.3. The van der Waals surface area contributed by atoms with Crippen LogP contribution in [0.4, 0.5) is 10.1 Å². The fourth-order valence-corrected chi connectivity index (χ4v) is 3.55. The van der Waals surface area contributed by atoms with Gasteiger partial charge in [-0.3, -0.25) is 4.79 Å². The summed E-state index contributed by atoms with van der Waals surface area (Å²) in [6.07, 6.45) is 0.239. The van der Waals surface area contributed by atoms with Gasteiger partial charge in [0.1, 0.15) is 5.82 Å². The molecule has 0 N–H and O–H groups in total. The molecule has 1 saturated heterocycles. The molecule has 2 heterocycles. The van der Waals surface area contributed by atoms with E-state index in [9.17, 15) is 9.18 Å². The van der Waals surface area contributed by atoms with E-state index < -0.39 is 0 Å². The van der Waals surface area contributed by atoms with Crippen LogP contribution in [-0.4, -0.2) is 35.8 Å². The molecule has 1 aromatic heterocycles. The van der Waals surface area contributed by atoms with Crippen molar-refractivity contribution in [2.45, 2.75) is 39.2 Å². The molecule has 1 aliphatic heterocycles. The number of ether oxygens (including phenoxy) is 2. The highest BCUT2D eigenvalue weighted by atomic mass is 19.1. The van der Waals surface area contributed by atoms with Crippen LogP contribution in [0.1, 0.15) is 37.6 Å². The van der Waals surface area contributed by atoms with Gasteiger partial charge < -0.3 is 18.9 Å². The Morgan fingerprint density at radius 3 is 2.71 bits per heavy atom. The number of amides is 1. The van der Waals surface area contributed by atoms with Crippen molar-refractivity contribution in [3.05, 3.63) is 53.7 Å². The molecule has 1 unspecified atom stereocenters. The molecule has 4 rings (SSSR count). The second kappa shape index (κ2) is 8.37. The average molecular weight is 425 g/mol. The van der Waals surface area contributed by atoms with Gasteiger partial charge in [-0.2, -0.15) is 4.98 Å². The van der Waals surface area contributed by atoms with Crippen molar-refractivity contribution in [2.75, 3.05) is 18.6 Å². The van der Waals surface area contributed by atoms with E-state index in [2.05, 4.69) is 10.1 Å². The maximum atomic E-state index is 13.9. The largest absolute Gasteiger partial charge is 0.493 e. The summed E-state index contributed by atoms with van der Waals surface area (Å²) in [5.41, 5.74) is 1.78. The molecule has 0 spiro atoms. The summed E-state index contributed by atoms with van der Waals surface area (Å²) in [4.78, 5) is 18.6. The summed E-state index contributed by atoms with van der Waals surface area (Å²) in [5, 5.41) is 4.07. The first kappa shape index (κ1) is 20.8. The third-order valence-corrected chi connectivity index (χ3v) is 5.17. The van der Waals surface area contributed by atoms with Gasteiger partial charge in [-0.15, -0.1) is 0 Å². The minimum Gasteiger partial charge on any atom is -0.493 e. The number of halogens is 1.